The van der Waals surface area contributed by atoms with Crippen molar-refractivity contribution >= 4 is 10.0 Å². The van der Waals surface area contributed by atoms with Crippen molar-refractivity contribution in [3.8, 4) is 0 Å². The quantitative estimate of drug-likeness (QED) is 0.887. The largest absolute Gasteiger partial charge is 0.390 e. The van der Waals surface area contributed by atoms with Crippen LogP contribution in [0.25, 0.3) is 0 Å². The Labute approximate surface area is 109 Å². The van der Waals surface area contributed by atoms with Gasteiger partial charge in [0.05, 0.1) is 6.61 Å². The fourth-order valence-electron chi connectivity index (χ4n) is 1.69. The molecule has 5 nitrogen and oxygen atoms in total. The van der Waals surface area contributed by atoms with E-state index < -0.39 is 10.0 Å². The standard InChI is InChI=1S/C12H22N2O3S/c1-9(2)13(5)18(16,17)12-6-11(8-15)14(7-12)10(3)4/h6-7,9-10,15H,8H2,1-5H3. The first kappa shape index (κ1) is 15.2. The van der Waals surface area contributed by atoms with Gasteiger partial charge in [-0.25, -0.2) is 8.42 Å². The van der Waals surface area contributed by atoms with Gasteiger partial charge < -0.3 is 9.67 Å². The minimum atomic E-state index is -3.48. The van der Waals surface area contributed by atoms with E-state index in [-0.39, 0.29) is 23.6 Å². The molecule has 1 heterocycles. The Bertz CT molecular complexity index is 503. The molecule has 0 amide bonds. The minimum Gasteiger partial charge on any atom is -0.390 e. The number of aliphatic hydroxyl groups excluding tert-OH is 1. The molecule has 0 fully saturated rings. The van der Waals surface area contributed by atoms with Crippen LogP contribution in [0.5, 0.6) is 0 Å². The minimum absolute atomic E-state index is 0.102. The van der Waals surface area contributed by atoms with Crippen molar-refractivity contribution in [2.45, 2.75) is 51.3 Å². The maximum atomic E-state index is 12.3. The Kier molecular flexibility index (Phi) is 4.58. The second-order valence-corrected chi connectivity index (χ2v) is 6.94. The van der Waals surface area contributed by atoms with Gasteiger partial charge in [0.25, 0.3) is 0 Å². The van der Waals surface area contributed by atoms with Gasteiger partial charge in [0.2, 0.25) is 10.0 Å². The summed E-state index contributed by atoms with van der Waals surface area (Å²) >= 11 is 0. The van der Waals surface area contributed by atoms with E-state index >= 15 is 0 Å². The zero-order valence-electron chi connectivity index (χ0n) is 11.6. The van der Waals surface area contributed by atoms with Crippen LogP contribution >= 0.6 is 0 Å². The van der Waals surface area contributed by atoms with Gasteiger partial charge in [-0.1, -0.05) is 0 Å². The number of aromatic nitrogens is 1. The average molecular weight is 274 g/mol. The summed E-state index contributed by atoms with van der Waals surface area (Å²) in [6, 6.07) is 1.55. The van der Waals surface area contributed by atoms with Crippen molar-refractivity contribution in [3.05, 3.63) is 18.0 Å². The molecule has 1 N–H and O–H groups in total. The van der Waals surface area contributed by atoms with Gasteiger partial charge in [0, 0.05) is 31.0 Å². The van der Waals surface area contributed by atoms with Crippen molar-refractivity contribution in [2.75, 3.05) is 7.05 Å². The third kappa shape index (κ3) is 2.76. The lowest BCUT2D eigenvalue weighted by Gasteiger charge is -2.20. The molecule has 0 aliphatic rings. The lowest BCUT2D eigenvalue weighted by Crippen LogP contribution is -2.32. The highest BCUT2D eigenvalue weighted by molar-refractivity contribution is 7.89. The van der Waals surface area contributed by atoms with E-state index in [0.29, 0.717) is 5.69 Å². The molecule has 0 aliphatic heterocycles. The SMILES string of the molecule is CC(C)N(C)S(=O)(=O)c1cc(CO)n(C(C)C)c1. The number of rotatable bonds is 5. The van der Waals surface area contributed by atoms with Crippen molar-refractivity contribution in [3.63, 3.8) is 0 Å². The lowest BCUT2D eigenvalue weighted by atomic mass is 10.3. The predicted molar refractivity (Wildman–Crippen MR) is 70.8 cm³/mol. The maximum Gasteiger partial charge on any atom is 0.244 e. The van der Waals surface area contributed by atoms with Crippen LogP contribution in [0.15, 0.2) is 17.2 Å². The van der Waals surface area contributed by atoms with E-state index in [9.17, 15) is 13.5 Å². The summed E-state index contributed by atoms with van der Waals surface area (Å²) in [4.78, 5) is 0.233. The molecule has 104 valence electrons. The van der Waals surface area contributed by atoms with Crippen LogP contribution in [0.3, 0.4) is 0 Å². The monoisotopic (exact) mass is 274 g/mol. The number of hydrogen-bond acceptors (Lipinski definition) is 3. The van der Waals surface area contributed by atoms with E-state index in [0.717, 1.165) is 0 Å². The molecule has 6 heteroatoms. The van der Waals surface area contributed by atoms with Crippen LogP contribution in [0.2, 0.25) is 0 Å². The Morgan fingerprint density at radius 2 is 1.89 bits per heavy atom. The summed E-state index contributed by atoms with van der Waals surface area (Å²) < 4.78 is 27.7. The second-order valence-electron chi connectivity index (χ2n) is 4.94. The first-order valence-corrected chi connectivity index (χ1v) is 7.45. The van der Waals surface area contributed by atoms with Gasteiger partial charge >= 0.3 is 0 Å². The molecule has 0 aromatic carbocycles. The smallest absolute Gasteiger partial charge is 0.244 e. The molecule has 1 rings (SSSR count). The second kappa shape index (κ2) is 5.42. The molecule has 0 spiro atoms. The molecule has 0 radical (unpaired) electrons. The van der Waals surface area contributed by atoms with Crippen LogP contribution in [0.1, 0.15) is 39.4 Å². The molecular weight excluding hydrogens is 252 g/mol. The predicted octanol–water partition coefficient (Wildman–Crippen LogP) is 1.59. The summed E-state index contributed by atoms with van der Waals surface area (Å²) in [6.45, 7) is 7.37. The van der Waals surface area contributed by atoms with E-state index in [1.807, 2.05) is 27.7 Å². The molecule has 0 saturated heterocycles. The zero-order chi connectivity index (χ0) is 14.1. The highest BCUT2D eigenvalue weighted by Gasteiger charge is 2.25. The first-order valence-electron chi connectivity index (χ1n) is 6.01. The Hall–Kier alpha value is -0.850. The summed E-state index contributed by atoms with van der Waals surface area (Å²) in [5.41, 5.74) is 0.612. The van der Waals surface area contributed by atoms with Crippen molar-refractivity contribution in [1.29, 1.82) is 0 Å². The molecule has 0 saturated carbocycles. The molecule has 0 bridgehead atoms. The molecule has 0 unspecified atom stereocenters. The summed E-state index contributed by atoms with van der Waals surface area (Å²) in [6.07, 6.45) is 1.59. The van der Waals surface area contributed by atoms with Gasteiger partial charge in [-0.15, -0.1) is 0 Å². The highest BCUT2D eigenvalue weighted by Crippen LogP contribution is 2.22. The normalized spacial score (nSPS) is 12.9. The van der Waals surface area contributed by atoms with E-state index in [4.69, 9.17) is 0 Å². The van der Waals surface area contributed by atoms with Crippen LogP contribution < -0.4 is 0 Å². The fraction of sp³-hybridized carbons (Fsp3) is 0.667. The molecule has 0 atom stereocenters. The van der Waals surface area contributed by atoms with Crippen molar-refractivity contribution in [1.82, 2.24) is 8.87 Å². The van der Waals surface area contributed by atoms with Crippen molar-refractivity contribution in [2.24, 2.45) is 0 Å². The number of sulfonamides is 1. The molecule has 18 heavy (non-hydrogen) atoms. The van der Waals surface area contributed by atoms with E-state index in [1.165, 1.54) is 10.4 Å². The number of hydrogen-bond donors (Lipinski definition) is 1. The molecule has 1 aromatic rings. The maximum absolute atomic E-state index is 12.3. The third-order valence-electron chi connectivity index (χ3n) is 3.03. The molecule has 1 aromatic heterocycles. The Morgan fingerprint density at radius 1 is 1.33 bits per heavy atom. The van der Waals surface area contributed by atoms with Crippen LogP contribution in [-0.4, -0.2) is 35.5 Å². The van der Waals surface area contributed by atoms with Crippen LogP contribution in [0.4, 0.5) is 0 Å². The molecular formula is C12H22N2O3S. The third-order valence-corrected chi connectivity index (χ3v) is 5.03. The zero-order valence-corrected chi connectivity index (χ0v) is 12.4. The molecule has 0 aliphatic carbocycles. The average Bonchev–Trinajstić information content (AvgIpc) is 2.72. The summed E-state index contributed by atoms with van der Waals surface area (Å²) in [5, 5.41) is 9.26. The van der Waals surface area contributed by atoms with Gasteiger partial charge in [-0.2, -0.15) is 4.31 Å². The summed E-state index contributed by atoms with van der Waals surface area (Å²) in [7, 11) is -1.92. The fourth-order valence-corrected chi connectivity index (χ4v) is 3.11. The number of aliphatic hydroxyl groups is 1. The summed E-state index contributed by atoms with van der Waals surface area (Å²) in [5.74, 6) is 0. The van der Waals surface area contributed by atoms with Gasteiger partial charge in [0.1, 0.15) is 4.90 Å². The van der Waals surface area contributed by atoms with Crippen LogP contribution in [-0.2, 0) is 16.6 Å². The first-order chi connectivity index (χ1) is 8.21. The van der Waals surface area contributed by atoms with E-state index in [1.54, 1.807) is 17.8 Å². The van der Waals surface area contributed by atoms with Gasteiger partial charge in [-0.05, 0) is 33.8 Å². The Morgan fingerprint density at radius 3 is 2.22 bits per heavy atom. The van der Waals surface area contributed by atoms with Crippen LogP contribution in [0, 0.1) is 0 Å². The highest BCUT2D eigenvalue weighted by atomic mass is 32.2. The lowest BCUT2D eigenvalue weighted by molar-refractivity contribution is 0.268. The van der Waals surface area contributed by atoms with Crippen molar-refractivity contribution < 1.29 is 13.5 Å². The topological polar surface area (TPSA) is 62.5 Å². The van der Waals surface area contributed by atoms with E-state index in [2.05, 4.69) is 0 Å². The van der Waals surface area contributed by atoms with Gasteiger partial charge in [-0.3, -0.25) is 0 Å². The number of nitrogens with zero attached hydrogens (tertiary/aromatic N) is 2. The van der Waals surface area contributed by atoms with Gasteiger partial charge in [0.15, 0.2) is 0 Å². The Balaban J connectivity index is 3.26.